The third-order valence-electron chi connectivity index (χ3n) is 6.04. The van der Waals surface area contributed by atoms with Gasteiger partial charge in [-0.15, -0.1) is 11.3 Å². The maximum atomic E-state index is 12.6. The number of carbonyl (C=O) groups is 1. The molecule has 162 valence electrons. The van der Waals surface area contributed by atoms with Gasteiger partial charge in [-0.2, -0.15) is 0 Å². The van der Waals surface area contributed by atoms with E-state index in [1.54, 1.807) is 11.3 Å². The number of hydrogen-bond donors (Lipinski definition) is 1. The van der Waals surface area contributed by atoms with Crippen molar-refractivity contribution in [3.05, 3.63) is 77.0 Å². The Kier molecular flexibility index (Phi) is 6.12. The highest BCUT2D eigenvalue weighted by Gasteiger charge is 2.26. The minimum Gasteiger partial charge on any atom is -0.355 e. The summed E-state index contributed by atoms with van der Waals surface area (Å²) in [7, 11) is 0. The molecular weight excluding hydrogens is 416 g/mol. The summed E-state index contributed by atoms with van der Waals surface area (Å²) in [6.45, 7) is 2.28. The zero-order valence-electron chi connectivity index (χ0n) is 17.9. The molecular formula is C26H26N4OS. The highest BCUT2D eigenvalue weighted by Crippen LogP contribution is 2.29. The molecule has 0 unspecified atom stereocenters. The molecule has 5 nitrogen and oxygen atoms in total. The predicted molar refractivity (Wildman–Crippen MR) is 131 cm³/mol. The van der Waals surface area contributed by atoms with E-state index in [2.05, 4.69) is 45.9 Å². The van der Waals surface area contributed by atoms with E-state index >= 15 is 0 Å². The topological polar surface area (TPSA) is 58.1 Å². The Morgan fingerprint density at radius 1 is 0.969 bits per heavy atom. The van der Waals surface area contributed by atoms with Crippen LogP contribution in [0, 0.1) is 5.92 Å². The van der Waals surface area contributed by atoms with Crippen molar-refractivity contribution in [3.8, 4) is 11.3 Å². The van der Waals surface area contributed by atoms with Crippen molar-refractivity contribution in [2.45, 2.75) is 19.3 Å². The summed E-state index contributed by atoms with van der Waals surface area (Å²) in [4.78, 5) is 26.0. The van der Waals surface area contributed by atoms with Gasteiger partial charge in [0, 0.05) is 41.4 Å². The summed E-state index contributed by atoms with van der Waals surface area (Å²) in [5, 5.41) is 6.25. The Morgan fingerprint density at radius 3 is 2.53 bits per heavy atom. The molecule has 4 aromatic rings. The number of nitrogens with one attached hydrogen (secondary N) is 1. The number of nitrogens with zero attached hydrogens (tertiary/aromatic N) is 3. The molecule has 1 N–H and O–H groups in total. The highest BCUT2D eigenvalue weighted by atomic mass is 32.1. The lowest BCUT2D eigenvalue weighted by molar-refractivity contribution is -0.125. The molecule has 1 fully saturated rings. The Labute approximate surface area is 192 Å². The van der Waals surface area contributed by atoms with Gasteiger partial charge in [0.25, 0.3) is 0 Å². The Hall–Kier alpha value is -3.25. The number of fused-ring (bicyclic) bond motifs is 1. The average molecular weight is 443 g/mol. The van der Waals surface area contributed by atoms with Crippen molar-refractivity contribution >= 4 is 34.1 Å². The first-order valence-electron chi connectivity index (χ1n) is 11.2. The lowest BCUT2D eigenvalue weighted by Crippen LogP contribution is -2.41. The van der Waals surface area contributed by atoms with Crippen LogP contribution in [0.1, 0.15) is 17.7 Å². The first kappa shape index (κ1) is 20.6. The van der Waals surface area contributed by atoms with Crippen molar-refractivity contribution in [1.29, 1.82) is 0 Å². The van der Waals surface area contributed by atoms with Crippen LogP contribution in [0.4, 0.5) is 5.95 Å². The third kappa shape index (κ3) is 4.50. The van der Waals surface area contributed by atoms with Crippen LogP contribution in [-0.4, -0.2) is 35.5 Å². The summed E-state index contributed by atoms with van der Waals surface area (Å²) in [6, 6.07) is 22.6. The maximum absolute atomic E-state index is 12.6. The molecule has 0 radical (unpaired) electrons. The molecule has 0 bridgehead atoms. The summed E-state index contributed by atoms with van der Waals surface area (Å²) < 4.78 is 0. The van der Waals surface area contributed by atoms with E-state index in [-0.39, 0.29) is 11.8 Å². The number of thiophene rings is 1. The summed E-state index contributed by atoms with van der Waals surface area (Å²) in [6.07, 6.45) is 2.54. The highest BCUT2D eigenvalue weighted by molar-refractivity contribution is 7.09. The second kappa shape index (κ2) is 9.49. The van der Waals surface area contributed by atoms with Crippen LogP contribution in [-0.2, 0) is 11.2 Å². The molecule has 2 aromatic heterocycles. The lowest BCUT2D eigenvalue weighted by Gasteiger charge is -2.31. The third-order valence-corrected chi connectivity index (χ3v) is 6.97. The molecule has 0 saturated carbocycles. The molecule has 3 heterocycles. The zero-order chi connectivity index (χ0) is 21.8. The second-order valence-electron chi connectivity index (χ2n) is 8.14. The molecule has 0 aliphatic carbocycles. The Bertz CT molecular complexity index is 1190. The predicted octanol–water partition coefficient (Wildman–Crippen LogP) is 4.93. The number of carbonyl (C=O) groups excluding carboxylic acids is 1. The number of hydrogen-bond acceptors (Lipinski definition) is 5. The van der Waals surface area contributed by atoms with E-state index in [1.165, 1.54) is 4.88 Å². The van der Waals surface area contributed by atoms with E-state index < -0.39 is 0 Å². The lowest BCUT2D eigenvalue weighted by atomic mass is 9.96. The minimum atomic E-state index is 0.0589. The number of aromatic nitrogens is 2. The average Bonchev–Trinajstić information content (AvgIpc) is 3.37. The molecule has 1 saturated heterocycles. The smallest absolute Gasteiger partial charge is 0.226 e. The standard InChI is InChI=1S/C26H26N4OS/c31-25(27-15-12-21-9-6-18-32-21)20-13-16-30(17-14-20)26-28-23-11-5-4-10-22(23)24(29-26)19-7-2-1-3-8-19/h1-11,18,20H,12-17H2,(H,27,31). The summed E-state index contributed by atoms with van der Waals surface area (Å²) in [5.74, 6) is 0.980. The largest absolute Gasteiger partial charge is 0.355 e. The second-order valence-corrected chi connectivity index (χ2v) is 9.17. The van der Waals surface area contributed by atoms with Crippen LogP contribution in [0.3, 0.4) is 0 Å². The quantitative estimate of drug-likeness (QED) is 0.460. The van der Waals surface area contributed by atoms with Crippen LogP contribution < -0.4 is 10.2 Å². The molecule has 6 heteroatoms. The molecule has 1 aliphatic rings. The van der Waals surface area contributed by atoms with E-state index in [0.717, 1.165) is 60.5 Å². The van der Waals surface area contributed by atoms with Crippen LogP contribution >= 0.6 is 11.3 Å². The van der Waals surface area contributed by atoms with Crippen LogP contribution in [0.2, 0.25) is 0 Å². The Morgan fingerprint density at radius 2 is 1.75 bits per heavy atom. The van der Waals surface area contributed by atoms with Crippen LogP contribution in [0.25, 0.3) is 22.2 Å². The summed E-state index contributed by atoms with van der Waals surface area (Å²) >= 11 is 1.74. The molecule has 32 heavy (non-hydrogen) atoms. The van der Waals surface area contributed by atoms with E-state index in [9.17, 15) is 4.79 Å². The number of benzene rings is 2. The van der Waals surface area contributed by atoms with Gasteiger partial charge in [0.2, 0.25) is 11.9 Å². The molecule has 0 atom stereocenters. The van der Waals surface area contributed by atoms with E-state index in [4.69, 9.17) is 9.97 Å². The fraction of sp³-hybridized carbons (Fsp3) is 0.269. The fourth-order valence-electron chi connectivity index (χ4n) is 4.27. The maximum Gasteiger partial charge on any atom is 0.226 e. The van der Waals surface area contributed by atoms with Gasteiger partial charge in [-0.05, 0) is 36.8 Å². The van der Waals surface area contributed by atoms with Gasteiger partial charge in [0.15, 0.2) is 0 Å². The first-order valence-corrected chi connectivity index (χ1v) is 12.0. The molecule has 0 spiro atoms. The van der Waals surface area contributed by atoms with Crippen LogP contribution in [0.15, 0.2) is 72.1 Å². The number of rotatable bonds is 6. The summed E-state index contributed by atoms with van der Waals surface area (Å²) in [5.41, 5.74) is 3.00. The monoisotopic (exact) mass is 442 g/mol. The number of piperidine rings is 1. The van der Waals surface area contributed by atoms with Gasteiger partial charge < -0.3 is 10.2 Å². The van der Waals surface area contributed by atoms with Crippen LogP contribution in [0.5, 0.6) is 0 Å². The Balaban J connectivity index is 1.27. The number of para-hydroxylation sites is 1. The van der Waals surface area contributed by atoms with Gasteiger partial charge in [0.1, 0.15) is 0 Å². The van der Waals surface area contributed by atoms with E-state index in [1.807, 2.05) is 36.4 Å². The van der Waals surface area contributed by atoms with Gasteiger partial charge in [-0.25, -0.2) is 9.97 Å². The minimum absolute atomic E-state index is 0.0589. The van der Waals surface area contributed by atoms with Crippen molar-refractivity contribution in [2.24, 2.45) is 5.92 Å². The van der Waals surface area contributed by atoms with Crippen molar-refractivity contribution in [3.63, 3.8) is 0 Å². The SMILES string of the molecule is O=C(NCCc1cccs1)C1CCN(c2nc(-c3ccccc3)c3ccccc3n2)CC1. The number of anilines is 1. The molecule has 1 amide bonds. The van der Waals surface area contributed by atoms with Gasteiger partial charge in [0.05, 0.1) is 11.2 Å². The van der Waals surface area contributed by atoms with Crippen molar-refractivity contribution in [2.75, 3.05) is 24.5 Å². The van der Waals surface area contributed by atoms with Gasteiger partial charge >= 0.3 is 0 Å². The van der Waals surface area contributed by atoms with Crippen molar-refractivity contribution in [1.82, 2.24) is 15.3 Å². The molecule has 5 rings (SSSR count). The normalized spacial score (nSPS) is 14.6. The van der Waals surface area contributed by atoms with Gasteiger partial charge in [-0.1, -0.05) is 54.6 Å². The number of amides is 1. The zero-order valence-corrected chi connectivity index (χ0v) is 18.7. The van der Waals surface area contributed by atoms with Crippen molar-refractivity contribution < 1.29 is 4.79 Å². The molecule has 1 aliphatic heterocycles. The fourth-order valence-corrected chi connectivity index (χ4v) is 4.98. The van der Waals surface area contributed by atoms with E-state index in [0.29, 0.717) is 6.54 Å². The van der Waals surface area contributed by atoms with Gasteiger partial charge in [-0.3, -0.25) is 4.79 Å². The first-order chi connectivity index (χ1) is 15.8. The molecule has 2 aromatic carbocycles.